The van der Waals surface area contributed by atoms with E-state index >= 15 is 0 Å². The first-order valence-corrected chi connectivity index (χ1v) is 7.25. The number of hydrogen-bond acceptors (Lipinski definition) is 1. The molecule has 0 heterocycles. The SMILES string of the molecule is Cc1cc(Cl)ccc1C(I)(I)S(=O)O. The quantitative estimate of drug-likeness (QED) is 0.417. The van der Waals surface area contributed by atoms with Crippen LogP contribution in [0.2, 0.25) is 5.02 Å². The molecular weight excluding hydrogens is 449 g/mol. The Hall–Kier alpha value is 1.08. The van der Waals surface area contributed by atoms with Gasteiger partial charge in [-0.15, -0.1) is 0 Å². The Labute approximate surface area is 117 Å². The third-order valence-electron chi connectivity index (χ3n) is 1.72. The monoisotopic (exact) mass is 456 g/mol. The molecule has 14 heavy (non-hydrogen) atoms. The molecule has 1 aromatic rings. The maximum Gasteiger partial charge on any atom is 0.198 e. The number of halogens is 3. The molecule has 0 saturated heterocycles. The summed E-state index contributed by atoms with van der Waals surface area (Å²) in [5, 5.41) is 0.638. The van der Waals surface area contributed by atoms with E-state index in [0.717, 1.165) is 11.1 Å². The third kappa shape index (κ3) is 2.81. The molecule has 0 aliphatic carbocycles. The summed E-state index contributed by atoms with van der Waals surface area (Å²) in [6, 6.07) is 5.29. The third-order valence-corrected chi connectivity index (χ3v) is 6.04. The molecule has 1 rings (SSSR count). The van der Waals surface area contributed by atoms with Crippen molar-refractivity contribution in [2.24, 2.45) is 0 Å². The lowest BCUT2D eigenvalue weighted by atomic mass is 10.1. The molecule has 6 heteroatoms. The van der Waals surface area contributed by atoms with Crippen LogP contribution >= 0.6 is 56.8 Å². The summed E-state index contributed by atoms with van der Waals surface area (Å²) >= 11 is 7.81. The van der Waals surface area contributed by atoms with Crippen LogP contribution in [0.25, 0.3) is 0 Å². The molecule has 0 fully saturated rings. The van der Waals surface area contributed by atoms with Crippen molar-refractivity contribution in [3.05, 3.63) is 34.3 Å². The molecule has 0 aromatic heterocycles. The summed E-state index contributed by atoms with van der Waals surface area (Å²) < 4.78 is 19.5. The highest BCUT2D eigenvalue weighted by atomic mass is 127. The van der Waals surface area contributed by atoms with E-state index in [1.807, 2.05) is 52.1 Å². The van der Waals surface area contributed by atoms with Gasteiger partial charge in [-0.05, 0) is 75.4 Å². The van der Waals surface area contributed by atoms with Crippen molar-refractivity contribution in [3.63, 3.8) is 0 Å². The minimum atomic E-state index is -1.91. The topological polar surface area (TPSA) is 37.3 Å². The predicted molar refractivity (Wildman–Crippen MR) is 76.7 cm³/mol. The van der Waals surface area contributed by atoms with Crippen LogP contribution in [0, 0.1) is 6.92 Å². The summed E-state index contributed by atoms with van der Waals surface area (Å²) in [6.45, 7) is 1.88. The average Bonchev–Trinajstić information content (AvgIpc) is 2.02. The van der Waals surface area contributed by atoms with Gasteiger partial charge in [0.15, 0.2) is 11.8 Å². The van der Waals surface area contributed by atoms with Gasteiger partial charge in [-0.2, -0.15) is 0 Å². The van der Waals surface area contributed by atoms with Gasteiger partial charge in [0.1, 0.15) is 0 Å². The summed E-state index contributed by atoms with van der Waals surface area (Å²) in [7, 11) is 0. The van der Waals surface area contributed by atoms with Gasteiger partial charge < -0.3 is 4.55 Å². The zero-order valence-electron chi connectivity index (χ0n) is 7.13. The Kier molecular flexibility index (Phi) is 4.64. The molecule has 0 aliphatic rings. The minimum Gasteiger partial charge on any atom is -0.304 e. The molecule has 1 atom stereocenters. The van der Waals surface area contributed by atoms with Gasteiger partial charge in [0.2, 0.25) is 0 Å². The Morgan fingerprint density at radius 3 is 2.50 bits per heavy atom. The fraction of sp³-hybridized carbons (Fsp3) is 0.250. The normalized spacial score (nSPS) is 14.1. The molecule has 0 aliphatic heterocycles. The van der Waals surface area contributed by atoms with E-state index in [1.165, 1.54) is 0 Å². The number of alkyl halides is 2. The van der Waals surface area contributed by atoms with E-state index in [-0.39, 0.29) is 0 Å². The molecule has 0 spiro atoms. The van der Waals surface area contributed by atoms with Crippen molar-refractivity contribution in [1.82, 2.24) is 0 Å². The predicted octanol–water partition coefficient (Wildman–Crippen LogP) is 3.85. The Morgan fingerprint density at radius 1 is 1.50 bits per heavy atom. The molecule has 0 bridgehead atoms. The number of benzene rings is 1. The number of hydrogen-bond donors (Lipinski definition) is 1. The van der Waals surface area contributed by atoms with Crippen molar-refractivity contribution in [3.8, 4) is 0 Å². The van der Waals surface area contributed by atoms with Crippen LogP contribution in [0.1, 0.15) is 11.1 Å². The standard InChI is InChI=1S/C8H7ClI2O2S/c1-5-4-6(9)2-3-7(5)8(10,11)14(12)13/h2-4H,1H3,(H,12,13). The van der Waals surface area contributed by atoms with Crippen LogP contribution in [0.15, 0.2) is 18.2 Å². The van der Waals surface area contributed by atoms with E-state index in [0.29, 0.717) is 5.02 Å². The smallest absolute Gasteiger partial charge is 0.198 e. The van der Waals surface area contributed by atoms with Crippen LogP contribution in [0.4, 0.5) is 0 Å². The lowest BCUT2D eigenvalue weighted by Crippen LogP contribution is -2.16. The number of rotatable bonds is 2. The molecule has 1 N–H and O–H groups in total. The molecule has 78 valence electrons. The maximum absolute atomic E-state index is 11.1. The van der Waals surface area contributed by atoms with Gasteiger partial charge in [-0.1, -0.05) is 17.7 Å². The largest absolute Gasteiger partial charge is 0.304 e. The van der Waals surface area contributed by atoms with Gasteiger partial charge >= 0.3 is 0 Å². The average molecular weight is 456 g/mol. The van der Waals surface area contributed by atoms with Gasteiger partial charge in [0, 0.05) is 5.02 Å². The van der Waals surface area contributed by atoms with E-state index < -0.39 is 11.8 Å². The summed E-state index contributed by atoms with van der Waals surface area (Å²) in [5.41, 5.74) is 1.74. The first-order valence-electron chi connectivity index (χ1n) is 3.61. The highest BCUT2D eigenvalue weighted by molar-refractivity contribution is 14.2. The second-order valence-corrected chi connectivity index (χ2v) is 11.0. The molecule has 2 nitrogen and oxygen atoms in total. The summed E-state index contributed by atoms with van der Waals surface area (Å²) in [5.74, 6) is 0. The van der Waals surface area contributed by atoms with Crippen LogP contribution < -0.4 is 0 Å². The first kappa shape index (κ1) is 13.1. The fourth-order valence-corrected chi connectivity index (χ4v) is 2.90. The fourth-order valence-electron chi connectivity index (χ4n) is 1.05. The van der Waals surface area contributed by atoms with Crippen molar-refractivity contribution in [1.29, 1.82) is 0 Å². The maximum atomic E-state index is 11.1. The molecular formula is C8H7ClI2O2S. The first-order chi connectivity index (χ1) is 6.35. The number of aryl methyl sites for hydroxylation is 1. The molecule has 0 radical (unpaired) electrons. The Morgan fingerprint density at radius 2 is 2.07 bits per heavy atom. The van der Waals surface area contributed by atoms with Crippen LogP contribution in [-0.4, -0.2) is 8.76 Å². The van der Waals surface area contributed by atoms with Crippen LogP contribution in [-0.2, 0) is 11.8 Å². The Balaban J connectivity index is 3.26. The van der Waals surface area contributed by atoms with E-state index in [9.17, 15) is 4.21 Å². The molecule has 0 saturated carbocycles. The summed E-state index contributed by atoms with van der Waals surface area (Å²) in [6.07, 6.45) is 0. The van der Waals surface area contributed by atoms with E-state index in [4.69, 9.17) is 16.2 Å². The van der Waals surface area contributed by atoms with Gasteiger partial charge in [-0.25, -0.2) is 4.21 Å². The van der Waals surface area contributed by atoms with Gasteiger partial charge in [0.05, 0.1) is 0 Å². The summed E-state index contributed by atoms with van der Waals surface area (Å²) in [4.78, 5) is 0. The van der Waals surface area contributed by atoms with Crippen LogP contribution in [0.3, 0.4) is 0 Å². The molecule has 1 aromatic carbocycles. The molecule has 1 unspecified atom stereocenters. The second-order valence-electron chi connectivity index (χ2n) is 2.73. The van der Waals surface area contributed by atoms with Crippen LogP contribution in [0.5, 0.6) is 0 Å². The highest BCUT2D eigenvalue weighted by Crippen LogP contribution is 2.43. The molecule has 0 amide bonds. The van der Waals surface area contributed by atoms with Crippen molar-refractivity contribution >= 4 is 67.9 Å². The van der Waals surface area contributed by atoms with Crippen molar-refractivity contribution < 1.29 is 8.76 Å². The van der Waals surface area contributed by atoms with Crippen molar-refractivity contribution in [2.75, 3.05) is 0 Å². The van der Waals surface area contributed by atoms with E-state index in [2.05, 4.69) is 0 Å². The lowest BCUT2D eigenvalue weighted by molar-refractivity contribution is 0.562. The Bertz CT molecular complexity index is 382. The zero-order chi connectivity index (χ0) is 10.9. The van der Waals surface area contributed by atoms with Crippen molar-refractivity contribution in [2.45, 2.75) is 7.68 Å². The minimum absolute atomic E-state index is 0.638. The lowest BCUT2D eigenvalue weighted by Gasteiger charge is -2.18. The van der Waals surface area contributed by atoms with Gasteiger partial charge in [0.25, 0.3) is 0 Å². The van der Waals surface area contributed by atoms with E-state index in [1.54, 1.807) is 18.2 Å². The van der Waals surface area contributed by atoms with Gasteiger partial charge in [-0.3, -0.25) is 0 Å². The highest BCUT2D eigenvalue weighted by Gasteiger charge is 2.33. The zero-order valence-corrected chi connectivity index (χ0v) is 13.0. The second kappa shape index (κ2) is 4.94.